The molecule has 1 fully saturated rings. The number of aromatic nitrogens is 3. The second kappa shape index (κ2) is 8.99. The van der Waals surface area contributed by atoms with Crippen molar-refractivity contribution in [3.8, 4) is 11.8 Å². The summed E-state index contributed by atoms with van der Waals surface area (Å²) in [4.78, 5) is 8.89. The standard InChI is InChI=1S/C21H26N5O2S/c1-29(2)9-8-27-14-26-18-13-25-15(11-22)10-17(18)20-19(5-7-24-21(20)26)28-16-4-3-6-23-12-16/h5,7,10,13,16,23H,3-4,6,8-9,12,14H2,1-2H3/q+1/t16-/m1/s1. The van der Waals surface area contributed by atoms with Crippen LogP contribution in [0.2, 0.25) is 0 Å². The van der Waals surface area contributed by atoms with Gasteiger partial charge in [-0.3, -0.25) is 4.57 Å². The maximum absolute atomic E-state index is 9.33. The molecule has 7 nitrogen and oxygen atoms in total. The molecule has 1 atom stereocenters. The Hall–Kier alpha value is -2.34. The van der Waals surface area contributed by atoms with Crippen LogP contribution in [-0.4, -0.2) is 58.6 Å². The lowest BCUT2D eigenvalue weighted by atomic mass is 10.1. The van der Waals surface area contributed by atoms with Gasteiger partial charge in [-0.05, 0) is 42.4 Å². The maximum atomic E-state index is 9.33. The zero-order valence-electron chi connectivity index (χ0n) is 16.9. The minimum absolute atomic E-state index is 0.133. The molecule has 0 saturated carbocycles. The number of nitrogens with one attached hydrogen (secondary N) is 1. The summed E-state index contributed by atoms with van der Waals surface area (Å²) in [7, 11) is 0.345. The summed E-state index contributed by atoms with van der Waals surface area (Å²) in [6, 6.07) is 5.86. The molecule has 0 radical (unpaired) electrons. The average Bonchev–Trinajstić information content (AvgIpc) is 3.05. The molecule has 1 N–H and O–H groups in total. The summed E-state index contributed by atoms with van der Waals surface area (Å²) in [5.74, 6) is 1.83. The topological polar surface area (TPSA) is 85.0 Å². The number of rotatable bonds is 7. The van der Waals surface area contributed by atoms with Crippen molar-refractivity contribution in [3.05, 3.63) is 30.2 Å². The molecule has 4 rings (SSSR count). The van der Waals surface area contributed by atoms with E-state index in [2.05, 4.69) is 33.9 Å². The van der Waals surface area contributed by atoms with Crippen molar-refractivity contribution >= 4 is 32.8 Å². The molecule has 0 bridgehead atoms. The summed E-state index contributed by atoms with van der Waals surface area (Å²) in [6.07, 6.45) is 10.2. The van der Waals surface area contributed by atoms with Gasteiger partial charge in [-0.15, -0.1) is 0 Å². The Labute approximate surface area is 173 Å². The Bertz CT molecular complexity index is 1040. The van der Waals surface area contributed by atoms with E-state index in [9.17, 15) is 5.26 Å². The molecule has 1 aliphatic heterocycles. The predicted molar refractivity (Wildman–Crippen MR) is 116 cm³/mol. The Kier molecular flexibility index (Phi) is 6.19. The van der Waals surface area contributed by atoms with Crippen molar-refractivity contribution in [2.24, 2.45) is 0 Å². The molecule has 3 aromatic rings. The highest BCUT2D eigenvalue weighted by molar-refractivity contribution is 7.95. The van der Waals surface area contributed by atoms with Crippen LogP contribution in [0.15, 0.2) is 24.5 Å². The number of nitriles is 1. The molecule has 4 heterocycles. The highest BCUT2D eigenvalue weighted by Crippen LogP contribution is 2.35. The summed E-state index contributed by atoms with van der Waals surface area (Å²) < 4.78 is 14.3. The van der Waals surface area contributed by atoms with Gasteiger partial charge in [0, 0.05) is 18.1 Å². The van der Waals surface area contributed by atoms with E-state index in [4.69, 9.17) is 9.47 Å². The first-order valence-corrected chi connectivity index (χ1v) is 12.0. The number of pyridine rings is 2. The smallest absolute Gasteiger partial charge is 0.146 e. The van der Waals surface area contributed by atoms with E-state index in [1.54, 1.807) is 12.4 Å². The van der Waals surface area contributed by atoms with Crippen LogP contribution in [0.25, 0.3) is 21.9 Å². The van der Waals surface area contributed by atoms with E-state index in [0.717, 1.165) is 59.4 Å². The van der Waals surface area contributed by atoms with Gasteiger partial charge in [-0.1, -0.05) is 0 Å². The molecule has 0 amide bonds. The van der Waals surface area contributed by atoms with Crippen LogP contribution < -0.4 is 10.1 Å². The monoisotopic (exact) mass is 412 g/mol. The van der Waals surface area contributed by atoms with Crippen LogP contribution in [-0.2, 0) is 22.4 Å². The largest absolute Gasteiger partial charge is 0.488 e. The second-order valence-electron chi connectivity index (χ2n) is 7.45. The van der Waals surface area contributed by atoms with Gasteiger partial charge in [0.25, 0.3) is 0 Å². The molecule has 8 heteroatoms. The normalized spacial score (nSPS) is 17.1. The highest BCUT2D eigenvalue weighted by atomic mass is 32.2. The molecule has 152 valence electrons. The van der Waals surface area contributed by atoms with Gasteiger partial charge in [0.1, 0.15) is 41.7 Å². The molecule has 3 aromatic heterocycles. The van der Waals surface area contributed by atoms with E-state index in [1.165, 1.54) is 0 Å². The molecule has 0 aromatic carbocycles. The van der Waals surface area contributed by atoms with Crippen LogP contribution in [0.1, 0.15) is 18.5 Å². The van der Waals surface area contributed by atoms with Crippen molar-refractivity contribution in [2.45, 2.75) is 25.7 Å². The van der Waals surface area contributed by atoms with E-state index in [1.807, 2.05) is 16.7 Å². The Balaban J connectivity index is 1.75. The van der Waals surface area contributed by atoms with Gasteiger partial charge in [0.15, 0.2) is 0 Å². The summed E-state index contributed by atoms with van der Waals surface area (Å²) in [6.45, 7) is 2.97. The number of hydrogen-bond acceptors (Lipinski definition) is 6. The maximum Gasteiger partial charge on any atom is 0.146 e. The molecular formula is C21H26N5O2S+. The van der Waals surface area contributed by atoms with Gasteiger partial charge in [-0.25, -0.2) is 9.97 Å². The third-order valence-electron chi connectivity index (χ3n) is 5.11. The van der Waals surface area contributed by atoms with Gasteiger partial charge >= 0.3 is 0 Å². The Morgan fingerprint density at radius 3 is 3.03 bits per heavy atom. The van der Waals surface area contributed by atoms with Gasteiger partial charge in [-0.2, -0.15) is 5.26 Å². The molecule has 0 unspecified atom stereocenters. The second-order valence-corrected chi connectivity index (χ2v) is 9.83. The number of fused-ring (bicyclic) bond motifs is 3. The van der Waals surface area contributed by atoms with Crippen LogP contribution in [0, 0.1) is 11.3 Å². The minimum Gasteiger partial charge on any atom is -0.488 e. The van der Waals surface area contributed by atoms with Crippen molar-refractivity contribution in [1.82, 2.24) is 19.9 Å². The lowest BCUT2D eigenvalue weighted by Gasteiger charge is -2.24. The summed E-state index contributed by atoms with van der Waals surface area (Å²) >= 11 is 0. The van der Waals surface area contributed by atoms with Crippen molar-refractivity contribution in [3.63, 3.8) is 0 Å². The molecule has 1 aliphatic rings. The zero-order chi connectivity index (χ0) is 20.2. The zero-order valence-corrected chi connectivity index (χ0v) is 17.7. The quantitative estimate of drug-likeness (QED) is 0.474. The van der Waals surface area contributed by atoms with E-state index < -0.39 is 0 Å². The lowest BCUT2D eigenvalue weighted by Crippen LogP contribution is -2.37. The first kappa shape index (κ1) is 20.0. The van der Waals surface area contributed by atoms with Gasteiger partial charge in [0.05, 0.1) is 36.2 Å². The molecule has 29 heavy (non-hydrogen) atoms. The molecule has 0 spiro atoms. The third-order valence-corrected chi connectivity index (χ3v) is 6.09. The van der Waals surface area contributed by atoms with Crippen molar-refractivity contribution in [2.75, 3.05) is 38.0 Å². The van der Waals surface area contributed by atoms with Crippen LogP contribution in [0.3, 0.4) is 0 Å². The van der Waals surface area contributed by atoms with Crippen LogP contribution in [0.5, 0.6) is 5.75 Å². The van der Waals surface area contributed by atoms with Gasteiger partial charge < -0.3 is 14.8 Å². The summed E-state index contributed by atoms with van der Waals surface area (Å²) in [5, 5.41) is 14.6. The molecular weight excluding hydrogens is 386 g/mol. The molecule has 0 aliphatic carbocycles. The Morgan fingerprint density at radius 2 is 2.28 bits per heavy atom. The number of nitrogens with zero attached hydrogens (tertiary/aromatic N) is 4. The number of hydrogen-bond donors (Lipinski definition) is 1. The first-order chi connectivity index (χ1) is 14.2. The molecule has 1 saturated heterocycles. The van der Waals surface area contributed by atoms with Crippen molar-refractivity contribution < 1.29 is 9.47 Å². The van der Waals surface area contributed by atoms with E-state index >= 15 is 0 Å². The fourth-order valence-corrected chi connectivity index (χ4v) is 4.09. The van der Waals surface area contributed by atoms with Crippen LogP contribution in [0.4, 0.5) is 0 Å². The van der Waals surface area contributed by atoms with Crippen LogP contribution >= 0.6 is 0 Å². The average molecular weight is 413 g/mol. The number of piperidine rings is 1. The van der Waals surface area contributed by atoms with Crippen molar-refractivity contribution in [1.29, 1.82) is 5.26 Å². The summed E-state index contributed by atoms with van der Waals surface area (Å²) in [5.41, 5.74) is 2.08. The third kappa shape index (κ3) is 4.32. The first-order valence-electron chi connectivity index (χ1n) is 9.83. The Morgan fingerprint density at radius 1 is 1.38 bits per heavy atom. The van der Waals surface area contributed by atoms with Gasteiger partial charge in [0.2, 0.25) is 0 Å². The minimum atomic E-state index is 0.133. The SMILES string of the molecule is C[S+](C)CCOCn1c2cnc(C#N)cc2c2c(O[C@@H]3CCCNC3)ccnc21. The fourth-order valence-electron chi connectivity index (χ4n) is 3.64. The highest BCUT2D eigenvalue weighted by Gasteiger charge is 2.21. The number of ether oxygens (including phenoxy) is 2. The predicted octanol–water partition coefficient (Wildman–Crippen LogP) is 2.44. The lowest BCUT2D eigenvalue weighted by molar-refractivity contribution is 0.0951. The van der Waals surface area contributed by atoms with E-state index in [0.29, 0.717) is 29.9 Å². The van der Waals surface area contributed by atoms with E-state index in [-0.39, 0.29) is 6.10 Å². The fraction of sp³-hybridized carbons (Fsp3) is 0.476.